The summed E-state index contributed by atoms with van der Waals surface area (Å²) in [6.07, 6.45) is 6.07. The standard InChI is InChI=1S/C25H23FN4S/c26-21-10-8-20(9-11-21)22-17-31-25-23(22)24(27-18-28-25)30-15-13-29(14-16-30)12-4-7-19-5-2-1-3-6-19/h1-11,17-18H,12-16H2. The third kappa shape index (κ3) is 4.36. The van der Waals surface area contributed by atoms with Crippen LogP contribution in [-0.2, 0) is 0 Å². The van der Waals surface area contributed by atoms with Gasteiger partial charge in [0.05, 0.1) is 5.39 Å². The molecule has 0 aliphatic carbocycles. The summed E-state index contributed by atoms with van der Waals surface area (Å²) in [5.74, 6) is 0.752. The number of hydrogen-bond acceptors (Lipinski definition) is 5. The van der Waals surface area contributed by atoms with Crippen molar-refractivity contribution < 1.29 is 4.39 Å². The van der Waals surface area contributed by atoms with E-state index in [0.717, 1.165) is 59.9 Å². The third-order valence-corrected chi connectivity index (χ3v) is 6.54. The normalized spacial score (nSPS) is 15.2. The maximum atomic E-state index is 13.4. The number of piperazine rings is 1. The first-order chi connectivity index (χ1) is 15.3. The maximum Gasteiger partial charge on any atom is 0.141 e. The number of halogens is 1. The van der Waals surface area contributed by atoms with Crippen molar-refractivity contribution in [2.75, 3.05) is 37.6 Å². The topological polar surface area (TPSA) is 32.3 Å². The van der Waals surface area contributed by atoms with Gasteiger partial charge in [0.1, 0.15) is 22.8 Å². The molecule has 1 saturated heterocycles. The van der Waals surface area contributed by atoms with Crippen molar-refractivity contribution in [2.45, 2.75) is 0 Å². The molecule has 0 bridgehead atoms. The summed E-state index contributed by atoms with van der Waals surface area (Å²) >= 11 is 1.61. The quantitative estimate of drug-likeness (QED) is 0.428. The van der Waals surface area contributed by atoms with Gasteiger partial charge in [-0.2, -0.15) is 0 Å². The van der Waals surface area contributed by atoms with Crippen LogP contribution < -0.4 is 4.90 Å². The van der Waals surface area contributed by atoms with Gasteiger partial charge in [0.25, 0.3) is 0 Å². The fourth-order valence-corrected chi connectivity index (χ4v) is 4.90. The molecule has 5 rings (SSSR count). The third-order valence-electron chi connectivity index (χ3n) is 5.65. The number of nitrogens with zero attached hydrogens (tertiary/aromatic N) is 4. The summed E-state index contributed by atoms with van der Waals surface area (Å²) in [7, 11) is 0. The molecule has 0 radical (unpaired) electrons. The van der Waals surface area contributed by atoms with Crippen LogP contribution in [0.15, 0.2) is 72.4 Å². The summed E-state index contributed by atoms with van der Waals surface area (Å²) in [5, 5.41) is 3.16. The lowest BCUT2D eigenvalue weighted by atomic mass is 10.1. The second-order valence-corrected chi connectivity index (χ2v) is 8.49. The Labute approximate surface area is 185 Å². The number of thiophene rings is 1. The summed E-state index contributed by atoms with van der Waals surface area (Å²) in [4.78, 5) is 14.9. The van der Waals surface area contributed by atoms with E-state index in [1.54, 1.807) is 17.7 Å². The lowest BCUT2D eigenvalue weighted by Crippen LogP contribution is -2.46. The lowest BCUT2D eigenvalue weighted by molar-refractivity contribution is 0.284. The van der Waals surface area contributed by atoms with Crippen molar-refractivity contribution in [3.8, 4) is 11.1 Å². The molecule has 1 aliphatic heterocycles. The minimum absolute atomic E-state index is 0.225. The molecule has 156 valence electrons. The monoisotopic (exact) mass is 430 g/mol. The minimum atomic E-state index is -0.225. The highest BCUT2D eigenvalue weighted by Crippen LogP contribution is 2.38. The molecule has 4 aromatic rings. The minimum Gasteiger partial charge on any atom is -0.353 e. The van der Waals surface area contributed by atoms with Crippen LogP contribution in [-0.4, -0.2) is 47.6 Å². The molecular weight excluding hydrogens is 407 g/mol. The van der Waals surface area contributed by atoms with Crippen LogP contribution in [0.25, 0.3) is 27.4 Å². The Balaban J connectivity index is 1.31. The van der Waals surface area contributed by atoms with Crippen molar-refractivity contribution in [3.63, 3.8) is 0 Å². The van der Waals surface area contributed by atoms with Crippen molar-refractivity contribution in [2.24, 2.45) is 0 Å². The van der Waals surface area contributed by atoms with Gasteiger partial charge >= 0.3 is 0 Å². The number of aromatic nitrogens is 2. The van der Waals surface area contributed by atoms with Gasteiger partial charge in [0, 0.05) is 43.7 Å². The highest BCUT2D eigenvalue weighted by molar-refractivity contribution is 7.17. The average Bonchev–Trinajstić information content (AvgIpc) is 3.25. The zero-order chi connectivity index (χ0) is 21.0. The Morgan fingerprint density at radius 3 is 2.48 bits per heavy atom. The van der Waals surface area contributed by atoms with Crippen LogP contribution in [0.1, 0.15) is 5.56 Å². The first kappa shape index (κ1) is 19.8. The van der Waals surface area contributed by atoms with Gasteiger partial charge in [-0.15, -0.1) is 11.3 Å². The average molecular weight is 431 g/mol. The van der Waals surface area contributed by atoms with Crippen LogP contribution in [0, 0.1) is 5.82 Å². The van der Waals surface area contributed by atoms with Crippen molar-refractivity contribution in [1.82, 2.24) is 14.9 Å². The molecule has 3 heterocycles. The smallest absolute Gasteiger partial charge is 0.141 e. The fourth-order valence-electron chi connectivity index (χ4n) is 3.99. The molecule has 0 saturated carbocycles. The number of fused-ring (bicyclic) bond motifs is 1. The fraction of sp³-hybridized carbons (Fsp3) is 0.200. The summed E-state index contributed by atoms with van der Waals surface area (Å²) in [5.41, 5.74) is 3.30. The molecule has 2 aromatic carbocycles. The van der Waals surface area contributed by atoms with Gasteiger partial charge in [-0.3, -0.25) is 4.90 Å². The van der Waals surface area contributed by atoms with Crippen LogP contribution in [0.5, 0.6) is 0 Å². The highest BCUT2D eigenvalue weighted by Gasteiger charge is 2.22. The van der Waals surface area contributed by atoms with Gasteiger partial charge in [-0.25, -0.2) is 14.4 Å². The predicted octanol–water partition coefficient (Wildman–Crippen LogP) is 5.33. The highest BCUT2D eigenvalue weighted by atomic mass is 32.1. The van der Waals surface area contributed by atoms with Crippen LogP contribution in [0.3, 0.4) is 0 Å². The molecule has 0 amide bonds. The molecule has 2 aromatic heterocycles. The predicted molar refractivity (Wildman–Crippen MR) is 127 cm³/mol. The van der Waals surface area contributed by atoms with Gasteiger partial charge in [0.2, 0.25) is 0 Å². The van der Waals surface area contributed by atoms with E-state index >= 15 is 0 Å². The van der Waals surface area contributed by atoms with Gasteiger partial charge in [-0.05, 0) is 23.3 Å². The first-order valence-electron chi connectivity index (χ1n) is 10.4. The summed E-state index contributed by atoms with van der Waals surface area (Å²) in [6, 6.07) is 17.1. The van der Waals surface area contributed by atoms with E-state index in [1.807, 2.05) is 18.2 Å². The summed E-state index contributed by atoms with van der Waals surface area (Å²) in [6.45, 7) is 4.76. The SMILES string of the molecule is Fc1ccc(-c2csc3ncnc(N4CCN(CC=Cc5ccccc5)CC4)c23)cc1. The zero-order valence-electron chi connectivity index (χ0n) is 17.1. The van der Waals surface area contributed by atoms with Gasteiger partial charge in [0.15, 0.2) is 0 Å². The molecule has 31 heavy (non-hydrogen) atoms. The maximum absolute atomic E-state index is 13.4. The van der Waals surface area contributed by atoms with E-state index in [9.17, 15) is 4.39 Å². The molecule has 0 unspecified atom stereocenters. The molecule has 0 N–H and O–H groups in total. The molecule has 6 heteroatoms. The lowest BCUT2D eigenvalue weighted by Gasteiger charge is -2.35. The van der Waals surface area contributed by atoms with Gasteiger partial charge < -0.3 is 4.90 Å². The number of rotatable bonds is 5. The molecule has 1 fully saturated rings. The molecule has 0 spiro atoms. The number of hydrogen-bond donors (Lipinski definition) is 0. The van der Waals surface area contributed by atoms with Crippen LogP contribution in [0.4, 0.5) is 10.2 Å². The van der Waals surface area contributed by atoms with Crippen molar-refractivity contribution in [3.05, 3.63) is 83.8 Å². The first-order valence-corrected chi connectivity index (χ1v) is 11.3. The van der Waals surface area contributed by atoms with Crippen LogP contribution >= 0.6 is 11.3 Å². The van der Waals surface area contributed by atoms with E-state index in [1.165, 1.54) is 17.7 Å². The summed E-state index contributed by atoms with van der Waals surface area (Å²) < 4.78 is 13.4. The van der Waals surface area contributed by atoms with Gasteiger partial charge in [-0.1, -0.05) is 54.6 Å². The Morgan fingerprint density at radius 2 is 1.71 bits per heavy atom. The van der Waals surface area contributed by atoms with E-state index in [4.69, 9.17) is 0 Å². The van der Waals surface area contributed by atoms with E-state index in [2.05, 4.69) is 61.6 Å². The molecule has 0 atom stereocenters. The second-order valence-electron chi connectivity index (χ2n) is 7.63. The van der Waals surface area contributed by atoms with Crippen molar-refractivity contribution in [1.29, 1.82) is 0 Å². The second kappa shape index (κ2) is 8.96. The van der Waals surface area contributed by atoms with Crippen LogP contribution in [0.2, 0.25) is 0 Å². The van der Waals surface area contributed by atoms with Crippen molar-refractivity contribution >= 4 is 33.4 Å². The zero-order valence-corrected chi connectivity index (χ0v) is 17.9. The Morgan fingerprint density at radius 1 is 0.935 bits per heavy atom. The Bertz CT molecular complexity index is 1180. The molecule has 1 aliphatic rings. The van der Waals surface area contributed by atoms with E-state index in [-0.39, 0.29) is 5.82 Å². The number of benzene rings is 2. The molecule has 4 nitrogen and oxygen atoms in total. The molecular formula is C25H23FN4S. The van der Waals surface area contributed by atoms with E-state index in [0.29, 0.717) is 0 Å². The Hall–Kier alpha value is -3.09. The Kier molecular flexibility index (Phi) is 5.74. The van der Waals surface area contributed by atoms with E-state index < -0.39 is 0 Å². The largest absolute Gasteiger partial charge is 0.353 e. The number of anilines is 1.